The second kappa shape index (κ2) is 3.24. The van der Waals surface area contributed by atoms with Crippen molar-refractivity contribution < 1.29 is 13.6 Å². The molecule has 0 radical (unpaired) electrons. The van der Waals surface area contributed by atoms with Gasteiger partial charge in [-0.2, -0.15) is 0 Å². The highest BCUT2D eigenvalue weighted by molar-refractivity contribution is 5.96. The van der Waals surface area contributed by atoms with Gasteiger partial charge in [0.15, 0.2) is 5.78 Å². The summed E-state index contributed by atoms with van der Waals surface area (Å²) in [6.07, 6.45) is 0. The van der Waals surface area contributed by atoms with Crippen LogP contribution in [0.1, 0.15) is 28.4 Å². The van der Waals surface area contributed by atoms with Gasteiger partial charge in [0.1, 0.15) is 11.6 Å². The first-order chi connectivity index (χ1) is 5.95. The Labute approximate surface area is 75.4 Å². The molecule has 0 amide bonds. The van der Waals surface area contributed by atoms with Crippen LogP contribution in [0.15, 0.2) is 6.07 Å². The summed E-state index contributed by atoms with van der Waals surface area (Å²) in [6, 6.07) is 1.09. The Morgan fingerprint density at radius 2 is 1.85 bits per heavy atom. The van der Waals surface area contributed by atoms with E-state index in [9.17, 15) is 13.6 Å². The van der Waals surface area contributed by atoms with Crippen molar-refractivity contribution in [3.05, 3.63) is 34.4 Å². The van der Waals surface area contributed by atoms with E-state index in [0.717, 1.165) is 6.07 Å². The third kappa shape index (κ3) is 1.59. The molecular weight excluding hydrogens is 174 g/mol. The van der Waals surface area contributed by atoms with Gasteiger partial charge >= 0.3 is 0 Å². The highest BCUT2D eigenvalue weighted by atomic mass is 19.1. The predicted molar refractivity (Wildman–Crippen MR) is 45.8 cm³/mol. The summed E-state index contributed by atoms with van der Waals surface area (Å²) >= 11 is 0. The van der Waals surface area contributed by atoms with E-state index in [1.165, 1.54) is 20.8 Å². The van der Waals surface area contributed by atoms with Crippen LogP contribution in [0.4, 0.5) is 8.78 Å². The molecule has 0 spiro atoms. The number of Topliss-reactive ketones (excluding diaryl/α,β-unsaturated/α-hetero) is 1. The number of rotatable bonds is 1. The second-order valence-corrected chi connectivity index (χ2v) is 3.05. The van der Waals surface area contributed by atoms with Crippen LogP contribution in [-0.2, 0) is 0 Å². The molecule has 0 aliphatic rings. The normalized spacial score (nSPS) is 10.2. The Hall–Kier alpha value is -1.25. The van der Waals surface area contributed by atoms with E-state index in [1.807, 2.05) is 0 Å². The first-order valence-electron chi connectivity index (χ1n) is 3.91. The third-order valence-corrected chi connectivity index (χ3v) is 1.99. The lowest BCUT2D eigenvalue weighted by Crippen LogP contribution is -2.05. The van der Waals surface area contributed by atoms with Crippen molar-refractivity contribution in [1.29, 1.82) is 0 Å². The minimum atomic E-state index is -0.619. The molecule has 0 heterocycles. The first-order valence-corrected chi connectivity index (χ1v) is 3.91. The van der Waals surface area contributed by atoms with Gasteiger partial charge in [0, 0.05) is 0 Å². The summed E-state index contributed by atoms with van der Waals surface area (Å²) in [6.45, 7) is 4.06. The molecule has 3 heteroatoms. The number of carbonyl (C=O) groups excluding carboxylic acids is 1. The molecule has 1 aromatic carbocycles. The monoisotopic (exact) mass is 184 g/mol. The van der Waals surface area contributed by atoms with Crippen molar-refractivity contribution in [1.82, 2.24) is 0 Å². The standard InChI is InChI=1S/C10H10F2O/c1-5-4-8(11)6(2)9(7(3)13)10(5)12/h4H,1-3H3. The Morgan fingerprint density at radius 3 is 2.31 bits per heavy atom. The van der Waals surface area contributed by atoms with Gasteiger partial charge in [0.25, 0.3) is 0 Å². The average molecular weight is 184 g/mol. The number of hydrogen-bond donors (Lipinski definition) is 0. The quantitative estimate of drug-likeness (QED) is 0.613. The predicted octanol–water partition coefficient (Wildman–Crippen LogP) is 2.78. The van der Waals surface area contributed by atoms with Gasteiger partial charge in [-0.15, -0.1) is 0 Å². The van der Waals surface area contributed by atoms with Crippen molar-refractivity contribution in [3.63, 3.8) is 0 Å². The Kier molecular flexibility index (Phi) is 2.45. The number of halogens is 2. The van der Waals surface area contributed by atoms with Crippen molar-refractivity contribution in [2.75, 3.05) is 0 Å². The summed E-state index contributed by atoms with van der Waals surface area (Å²) < 4.78 is 26.4. The SMILES string of the molecule is CC(=O)c1c(C)c(F)cc(C)c1F. The lowest BCUT2D eigenvalue weighted by Gasteiger charge is -2.07. The molecule has 70 valence electrons. The Bertz CT molecular complexity index is 343. The van der Waals surface area contributed by atoms with Crippen LogP contribution in [0.25, 0.3) is 0 Å². The van der Waals surface area contributed by atoms with Gasteiger partial charge in [0.05, 0.1) is 5.56 Å². The summed E-state index contributed by atoms with van der Waals surface area (Å²) in [5, 5.41) is 0. The fraction of sp³-hybridized carbons (Fsp3) is 0.300. The van der Waals surface area contributed by atoms with Crippen molar-refractivity contribution in [2.24, 2.45) is 0 Å². The van der Waals surface area contributed by atoms with Crippen molar-refractivity contribution >= 4 is 5.78 Å². The largest absolute Gasteiger partial charge is 0.294 e. The number of ketones is 1. The summed E-state index contributed by atoms with van der Waals surface area (Å²) in [5.41, 5.74) is 0.0985. The minimum Gasteiger partial charge on any atom is -0.294 e. The maximum atomic E-state index is 13.3. The molecule has 0 unspecified atom stereocenters. The van der Waals surface area contributed by atoms with Gasteiger partial charge in [-0.05, 0) is 38.0 Å². The number of hydrogen-bond acceptors (Lipinski definition) is 1. The Morgan fingerprint density at radius 1 is 1.31 bits per heavy atom. The van der Waals surface area contributed by atoms with E-state index < -0.39 is 17.4 Å². The van der Waals surface area contributed by atoms with Crippen LogP contribution < -0.4 is 0 Å². The van der Waals surface area contributed by atoms with E-state index >= 15 is 0 Å². The molecule has 0 saturated carbocycles. The van der Waals surface area contributed by atoms with Crippen LogP contribution >= 0.6 is 0 Å². The molecule has 0 N–H and O–H groups in total. The zero-order valence-electron chi connectivity index (χ0n) is 7.74. The highest BCUT2D eigenvalue weighted by Gasteiger charge is 2.16. The third-order valence-electron chi connectivity index (χ3n) is 1.99. The van der Waals surface area contributed by atoms with E-state index in [0.29, 0.717) is 0 Å². The van der Waals surface area contributed by atoms with Crippen LogP contribution in [0.3, 0.4) is 0 Å². The summed E-state index contributed by atoms with van der Waals surface area (Å²) in [4.78, 5) is 11.0. The zero-order valence-corrected chi connectivity index (χ0v) is 7.74. The molecule has 13 heavy (non-hydrogen) atoms. The second-order valence-electron chi connectivity index (χ2n) is 3.05. The van der Waals surface area contributed by atoms with E-state index in [2.05, 4.69) is 0 Å². The van der Waals surface area contributed by atoms with E-state index in [4.69, 9.17) is 0 Å². The molecule has 1 nitrogen and oxygen atoms in total. The molecular formula is C10H10F2O. The van der Waals surface area contributed by atoms with Gasteiger partial charge in [-0.1, -0.05) is 0 Å². The molecule has 0 aliphatic carbocycles. The van der Waals surface area contributed by atoms with Gasteiger partial charge in [-0.25, -0.2) is 8.78 Å². The smallest absolute Gasteiger partial charge is 0.163 e. The molecule has 0 bridgehead atoms. The van der Waals surface area contributed by atoms with Crippen molar-refractivity contribution in [2.45, 2.75) is 20.8 Å². The molecule has 0 saturated heterocycles. The van der Waals surface area contributed by atoms with Crippen LogP contribution in [0.2, 0.25) is 0 Å². The van der Waals surface area contributed by atoms with Gasteiger partial charge < -0.3 is 0 Å². The van der Waals surface area contributed by atoms with Crippen LogP contribution in [-0.4, -0.2) is 5.78 Å². The first kappa shape index (κ1) is 9.84. The molecule has 0 aliphatic heterocycles. The number of benzene rings is 1. The number of carbonyl (C=O) groups is 1. The van der Waals surface area contributed by atoms with Crippen LogP contribution in [0, 0.1) is 25.5 Å². The van der Waals surface area contributed by atoms with Gasteiger partial charge in [0.2, 0.25) is 0 Å². The molecule has 1 aromatic rings. The topological polar surface area (TPSA) is 17.1 Å². The zero-order chi connectivity index (χ0) is 10.2. The van der Waals surface area contributed by atoms with E-state index in [-0.39, 0.29) is 16.7 Å². The minimum absolute atomic E-state index is 0.0793. The van der Waals surface area contributed by atoms with Crippen molar-refractivity contribution in [3.8, 4) is 0 Å². The van der Waals surface area contributed by atoms with Crippen LogP contribution in [0.5, 0.6) is 0 Å². The lowest BCUT2D eigenvalue weighted by atomic mass is 10.0. The maximum Gasteiger partial charge on any atom is 0.163 e. The fourth-order valence-electron chi connectivity index (χ4n) is 1.26. The fourth-order valence-corrected chi connectivity index (χ4v) is 1.26. The maximum absolute atomic E-state index is 13.3. The molecule has 0 atom stereocenters. The molecule has 0 aromatic heterocycles. The molecule has 0 fully saturated rings. The Balaban J connectivity index is 3.56. The number of aryl methyl sites for hydroxylation is 1. The van der Waals surface area contributed by atoms with Gasteiger partial charge in [-0.3, -0.25) is 4.79 Å². The average Bonchev–Trinajstić information content (AvgIpc) is 2.01. The molecule has 1 rings (SSSR count). The lowest BCUT2D eigenvalue weighted by molar-refractivity contribution is 0.101. The summed E-state index contributed by atoms with van der Waals surface area (Å²) in [7, 11) is 0. The summed E-state index contributed by atoms with van der Waals surface area (Å²) in [5.74, 6) is -1.60. The van der Waals surface area contributed by atoms with E-state index in [1.54, 1.807) is 0 Å². The highest BCUT2D eigenvalue weighted by Crippen LogP contribution is 2.20.